The summed E-state index contributed by atoms with van der Waals surface area (Å²) in [5.74, 6) is 0.710. The maximum atomic E-state index is 8.93. The second kappa shape index (κ2) is 4.87. The number of nitrogens with zero attached hydrogens (tertiary/aromatic N) is 2. The first-order valence-corrected chi connectivity index (χ1v) is 5.55. The average molecular weight is 257 g/mol. The predicted octanol–water partition coefficient (Wildman–Crippen LogP) is 2.85. The van der Waals surface area contributed by atoms with Crippen LogP contribution < -0.4 is 0 Å². The van der Waals surface area contributed by atoms with E-state index >= 15 is 0 Å². The zero-order chi connectivity index (χ0) is 11.5. The van der Waals surface area contributed by atoms with Crippen LogP contribution in [0.15, 0.2) is 30.6 Å². The summed E-state index contributed by atoms with van der Waals surface area (Å²) in [5, 5.41) is 10.1. The maximum Gasteiger partial charge on any atom is 0.141 e. The first-order valence-electron chi connectivity index (χ1n) is 4.80. The van der Waals surface area contributed by atoms with Crippen LogP contribution in [0.25, 0.3) is 11.4 Å². The third-order valence-electron chi connectivity index (χ3n) is 2.23. The van der Waals surface area contributed by atoms with Crippen molar-refractivity contribution in [3.8, 4) is 11.4 Å². The van der Waals surface area contributed by atoms with Gasteiger partial charge in [-0.2, -0.15) is 0 Å². The highest BCUT2D eigenvalue weighted by atomic mass is 35.5. The van der Waals surface area contributed by atoms with E-state index in [0.29, 0.717) is 22.4 Å². The van der Waals surface area contributed by atoms with E-state index in [2.05, 4.69) is 4.98 Å². The molecule has 2 rings (SSSR count). The van der Waals surface area contributed by atoms with Crippen LogP contribution in [0.1, 0.15) is 0 Å². The van der Waals surface area contributed by atoms with Crippen LogP contribution in [0.3, 0.4) is 0 Å². The molecule has 3 nitrogen and oxygen atoms in total. The highest BCUT2D eigenvalue weighted by molar-refractivity contribution is 6.35. The van der Waals surface area contributed by atoms with Crippen molar-refractivity contribution >= 4 is 23.2 Å². The summed E-state index contributed by atoms with van der Waals surface area (Å²) in [6.45, 7) is 0.541. The lowest BCUT2D eigenvalue weighted by atomic mass is 10.2. The predicted molar refractivity (Wildman–Crippen MR) is 64.8 cm³/mol. The molecule has 0 bridgehead atoms. The van der Waals surface area contributed by atoms with Gasteiger partial charge in [0.2, 0.25) is 0 Å². The SMILES string of the molecule is OCCn1ccnc1-c1cc(Cl)ccc1Cl. The number of halogens is 2. The van der Waals surface area contributed by atoms with Crippen molar-refractivity contribution in [1.29, 1.82) is 0 Å². The first kappa shape index (κ1) is 11.5. The highest BCUT2D eigenvalue weighted by Gasteiger charge is 2.10. The quantitative estimate of drug-likeness (QED) is 0.918. The normalized spacial score (nSPS) is 10.7. The third kappa shape index (κ3) is 2.21. The van der Waals surface area contributed by atoms with E-state index in [-0.39, 0.29) is 6.61 Å². The van der Waals surface area contributed by atoms with Gasteiger partial charge >= 0.3 is 0 Å². The number of hydrogen-bond donors (Lipinski definition) is 1. The molecule has 5 heteroatoms. The van der Waals surface area contributed by atoms with Gasteiger partial charge < -0.3 is 9.67 Å². The van der Waals surface area contributed by atoms with Crippen LogP contribution in [0.5, 0.6) is 0 Å². The van der Waals surface area contributed by atoms with Crippen LogP contribution in [-0.2, 0) is 6.54 Å². The summed E-state index contributed by atoms with van der Waals surface area (Å²) >= 11 is 12.0. The third-order valence-corrected chi connectivity index (χ3v) is 2.79. The van der Waals surface area contributed by atoms with Gasteiger partial charge in [0, 0.05) is 29.5 Å². The van der Waals surface area contributed by atoms with Crippen LogP contribution in [0.4, 0.5) is 0 Å². The van der Waals surface area contributed by atoms with Crippen molar-refractivity contribution in [2.45, 2.75) is 6.54 Å². The standard InChI is InChI=1S/C11H10Cl2N2O/c12-8-1-2-10(13)9(7-8)11-14-3-4-15(11)5-6-16/h1-4,7,16H,5-6H2. The van der Waals surface area contributed by atoms with Gasteiger partial charge in [-0.1, -0.05) is 23.2 Å². The Kier molecular flexibility index (Phi) is 3.49. The minimum absolute atomic E-state index is 0.0571. The molecule has 0 fully saturated rings. The lowest BCUT2D eigenvalue weighted by Crippen LogP contribution is -2.03. The molecule has 84 valence electrons. The molecule has 0 aliphatic rings. The van der Waals surface area contributed by atoms with Crippen molar-refractivity contribution in [2.75, 3.05) is 6.61 Å². The Bertz CT molecular complexity index is 496. The van der Waals surface area contributed by atoms with Gasteiger partial charge in [0.25, 0.3) is 0 Å². The number of benzene rings is 1. The van der Waals surface area contributed by atoms with Gasteiger partial charge in [-0.3, -0.25) is 0 Å². The Hall–Kier alpha value is -1.03. The van der Waals surface area contributed by atoms with Crippen LogP contribution in [0, 0.1) is 0 Å². The van der Waals surface area contributed by atoms with Crippen molar-refractivity contribution in [3.63, 3.8) is 0 Å². The molecular formula is C11H10Cl2N2O. The zero-order valence-electron chi connectivity index (χ0n) is 8.40. The number of imidazole rings is 1. The summed E-state index contributed by atoms with van der Waals surface area (Å²) in [5.41, 5.74) is 0.771. The average Bonchev–Trinajstić information content (AvgIpc) is 2.70. The lowest BCUT2D eigenvalue weighted by molar-refractivity contribution is 0.276. The van der Waals surface area contributed by atoms with E-state index in [9.17, 15) is 0 Å². The van der Waals surface area contributed by atoms with Gasteiger partial charge in [0.15, 0.2) is 0 Å². The summed E-state index contributed by atoms with van der Waals surface area (Å²) in [6.07, 6.45) is 3.46. The Morgan fingerprint density at radius 3 is 2.88 bits per heavy atom. The molecule has 0 amide bonds. The fourth-order valence-electron chi connectivity index (χ4n) is 1.51. The van der Waals surface area contributed by atoms with E-state index in [0.717, 1.165) is 5.56 Å². The molecule has 0 atom stereocenters. The molecule has 1 aromatic heterocycles. The molecule has 1 heterocycles. The van der Waals surface area contributed by atoms with E-state index < -0.39 is 0 Å². The summed E-state index contributed by atoms with van der Waals surface area (Å²) < 4.78 is 1.83. The molecule has 0 aliphatic carbocycles. The molecule has 2 aromatic rings. The number of rotatable bonds is 3. The van der Waals surface area contributed by atoms with Crippen molar-refractivity contribution in [2.24, 2.45) is 0 Å². The molecular weight excluding hydrogens is 247 g/mol. The van der Waals surface area contributed by atoms with E-state index in [1.54, 1.807) is 30.6 Å². The Balaban J connectivity index is 2.49. The minimum atomic E-state index is 0.0571. The number of aromatic nitrogens is 2. The van der Waals surface area contributed by atoms with E-state index in [1.165, 1.54) is 0 Å². The van der Waals surface area contributed by atoms with Gasteiger partial charge in [0.05, 0.1) is 11.6 Å². The second-order valence-corrected chi connectivity index (χ2v) is 4.14. The summed E-state index contributed by atoms with van der Waals surface area (Å²) in [4.78, 5) is 4.22. The lowest BCUT2D eigenvalue weighted by Gasteiger charge is -2.07. The van der Waals surface area contributed by atoms with E-state index in [1.807, 2.05) is 4.57 Å². The van der Waals surface area contributed by atoms with Crippen molar-refractivity contribution in [1.82, 2.24) is 9.55 Å². The monoisotopic (exact) mass is 256 g/mol. The number of hydrogen-bond acceptors (Lipinski definition) is 2. The molecule has 0 saturated carbocycles. The van der Waals surface area contributed by atoms with Gasteiger partial charge in [-0.25, -0.2) is 4.98 Å². The Labute approximate surface area is 103 Å². The molecule has 0 aliphatic heterocycles. The fourth-order valence-corrected chi connectivity index (χ4v) is 1.88. The smallest absolute Gasteiger partial charge is 0.141 e. The molecule has 1 aromatic carbocycles. The Morgan fingerprint density at radius 1 is 1.31 bits per heavy atom. The topological polar surface area (TPSA) is 38.0 Å². The largest absolute Gasteiger partial charge is 0.395 e. The fraction of sp³-hybridized carbons (Fsp3) is 0.182. The molecule has 0 unspecified atom stereocenters. The van der Waals surface area contributed by atoms with Gasteiger partial charge in [-0.15, -0.1) is 0 Å². The second-order valence-electron chi connectivity index (χ2n) is 3.29. The molecule has 0 saturated heterocycles. The number of aliphatic hydroxyl groups is 1. The maximum absolute atomic E-state index is 8.93. The summed E-state index contributed by atoms with van der Waals surface area (Å²) in [6, 6.07) is 5.23. The molecule has 1 N–H and O–H groups in total. The van der Waals surface area contributed by atoms with Crippen LogP contribution in [0.2, 0.25) is 10.0 Å². The zero-order valence-corrected chi connectivity index (χ0v) is 9.91. The van der Waals surface area contributed by atoms with Crippen LogP contribution in [-0.4, -0.2) is 21.3 Å². The van der Waals surface area contributed by atoms with E-state index in [4.69, 9.17) is 28.3 Å². The Morgan fingerprint density at radius 2 is 2.12 bits per heavy atom. The first-order chi connectivity index (χ1) is 7.72. The molecule has 16 heavy (non-hydrogen) atoms. The summed E-state index contributed by atoms with van der Waals surface area (Å²) in [7, 11) is 0. The molecule has 0 spiro atoms. The van der Waals surface area contributed by atoms with Crippen molar-refractivity contribution < 1.29 is 5.11 Å². The minimum Gasteiger partial charge on any atom is -0.395 e. The number of aliphatic hydroxyl groups excluding tert-OH is 1. The van der Waals surface area contributed by atoms with Crippen molar-refractivity contribution in [3.05, 3.63) is 40.6 Å². The highest BCUT2D eigenvalue weighted by Crippen LogP contribution is 2.29. The van der Waals surface area contributed by atoms with Gasteiger partial charge in [-0.05, 0) is 18.2 Å². The van der Waals surface area contributed by atoms with Gasteiger partial charge in [0.1, 0.15) is 5.82 Å². The van der Waals surface area contributed by atoms with Crippen LogP contribution >= 0.6 is 23.2 Å². The molecule has 0 radical (unpaired) electrons.